The topological polar surface area (TPSA) is 259 Å². The molecule has 0 radical (unpaired) electrons. The van der Waals surface area contributed by atoms with E-state index in [4.69, 9.17) is 59.5 Å². The highest BCUT2D eigenvalue weighted by Gasteiger charge is 2.61. The monoisotopic (exact) mass is 1290 g/mol. The van der Waals surface area contributed by atoms with Gasteiger partial charge in [0.2, 0.25) is 17.8 Å². The number of carbonyl (C=O) groups is 4. The van der Waals surface area contributed by atoms with Crippen molar-refractivity contribution in [3.05, 3.63) is 134 Å². The largest absolute Gasteiger partial charge is 0.507 e. The number of nitrogens with two attached hydrogens (primary N) is 1. The van der Waals surface area contributed by atoms with E-state index in [0.29, 0.717) is 13.1 Å². The average Bonchev–Trinajstić information content (AvgIpc) is 1.63. The number of nitriles is 1. The third kappa shape index (κ3) is 15.6. The van der Waals surface area contributed by atoms with E-state index in [0.717, 1.165) is 12.1 Å². The standard InChI is InChI=1S/C62H68Cl3F4N11O9/c1-61(2,3)33-47-62(34-70,39-14-13-36(63)31-43(39)67)51(37-8-6-9-40(64)52(37)68)55(75-47)58(84)74-44-15-12-35(30-46(44)86-5)57(83)72-18-24-87-26-28-89-29-27-88-25-23-78(4)48(82)16-17-73-60-76-54-38(56(77-60)79-19-21-80(22-20-79)59(71)85)32-41(65)49(53(54)69)50-42(66)10-7-11-45(50)81/h6-15,30-32,47,51,55,75,81H,16-29,33H2,1-5H3,(H2,71,85)(H,72,83)(H,74,84)(H,73,76,77)/t47-,51-,55+,62-/m0/s1. The third-order valence-corrected chi connectivity index (χ3v) is 16.2. The van der Waals surface area contributed by atoms with E-state index in [1.165, 1.54) is 83.6 Å². The maximum atomic E-state index is 16.5. The van der Waals surface area contributed by atoms with Gasteiger partial charge in [0.1, 0.15) is 45.7 Å². The van der Waals surface area contributed by atoms with Gasteiger partial charge < -0.3 is 65.8 Å². The summed E-state index contributed by atoms with van der Waals surface area (Å²) in [4.78, 5) is 66.5. The highest BCUT2D eigenvalue weighted by atomic mass is 35.5. The molecule has 2 fully saturated rings. The van der Waals surface area contributed by atoms with Gasteiger partial charge in [-0.3, -0.25) is 14.4 Å². The number of likely N-dealkylation sites (N-methyl/N-ethyl adjacent to an activating group) is 1. The Morgan fingerprint density at radius 3 is 2.20 bits per heavy atom. The number of methoxy groups -OCH3 is 1. The molecule has 8 rings (SSSR count). The number of piperazine rings is 1. The molecule has 0 aliphatic carbocycles. The Labute approximate surface area is 526 Å². The molecule has 89 heavy (non-hydrogen) atoms. The Morgan fingerprint density at radius 1 is 0.843 bits per heavy atom. The molecule has 0 unspecified atom stereocenters. The molecule has 2 saturated heterocycles. The SMILES string of the molecule is COc1cc(C(=O)NCCOCCOCCOCCN(C)C(=O)CCNc2nc(N3CCN(C(N)=O)CC3)c3cc(Cl)c(-c4c(O)cccc4F)c(F)c3n2)ccc1NC(=O)[C@@H]1N[C@@H](CC(C)(C)C)[C@](C#N)(c2ccc(Cl)cc2F)[C@H]1c1cccc(Cl)c1F. The lowest BCUT2D eigenvalue weighted by Crippen LogP contribution is -2.50. The van der Waals surface area contributed by atoms with Crippen LogP contribution in [0.5, 0.6) is 11.5 Å². The number of primary amides is 1. The summed E-state index contributed by atoms with van der Waals surface area (Å²) in [5.41, 5.74) is 2.38. The van der Waals surface area contributed by atoms with Crippen molar-refractivity contribution in [1.29, 1.82) is 5.26 Å². The van der Waals surface area contributed by atoms with E-state index in [2.05, 4.69) is 37.3 Å². The van der Waals surface area contributed by atoms with Gasteiger partial charge in [-0.15, -0.1) is 0 Å². The predicted molar refractivity (Wildman–Crippen MR) is 330 cm³/mol. The summed E-state index contributed by atoms with van der Waals surface area (Å²) in [6.07, 6.45) is 0.271. The minimum Gasteiger partial charge on any atom is -0.507 e. The highest BCUT2D eigenvalue weighted by molar-refractivity contribution is 6.34. The number of hydrogen-bond acceptors (Lipinski definition) is 15. The number of amides is 5. The number of urea groups is 1. The van der Waals surface area contributed by atoms with Crippen LogP contribution < -0.4 is 36.6 Å². The molecule has 2 aliphatic heterocycles. The summed E-state index contributed by atoms with van der Waals surface area (Å²) >= 11 is 19.0. The van der Waals surface area contributed by atoms with Crippen molar-refractivity contribution < 1.29 is 60.8 Å². The van der Waals surface area contributed by atoms with Gasteiger partial charge in [-0.1, -0.05) is 79.8 Å². The second-order valence-corrected chi connectivity index (χ2v) is 23.7. The molecule has 0 spiro atoms. The van der Waals surface area contributed by atoms with E-state index in [1.54, 1.807) is 7.05 Å². The normalized spacial score (nSPS) is 17.5. The van der Waals surface area contributed by atoms with E-state index < -0.39 is 81.3 Å². The van der Waals surface area contributed by atoms with E-state index in [-0.39, 0.29) is 163 Å². The van der Waals surface area contributed by atoms with E-state index in [1.807, 2.05) is 25.7 Å². The van der Waals surface area contributed by atoms with Crippen LogP contribution in [0.4, 0.5) is 39.8 Å². The Bertz CT molecular complexity index is 3610. The molecule has 5 aromatic carbocycles. The number of aromatic hydroxyl groups is 1. The second kappa shape index (κ2) is 29.7. The van der Waals surface area contributed by atoms with Crippen molar-refractivity contribution in [1.82, 2.24) is 30.4 Å². The molecular formula is C62H68Cl3F4N11O9. The van der Waals surface area contributed by atoms with Gasteiger partial charge >= 0.3 is 6.03 Å². The average molecular weight is 1290 g/mol. The van der Waals surface area contributed by atoms with E-state index >= 15 is 17.6 Å². The lowest BCUT2D eigenvalue weighted by atomic mass is 9.62. The fourth-order valence-electron chi connectivity index (χ4n) is 11.0. The van der Waals surface area contributed by atoms with Gasteiger partial charge in [0.25, 0.3) is 5.91 Å². The van der Waals surface area contributed by atoms with Crippen LogP contribution in [0.1, 0.15) is 61.0 Å². The van der Waals surface area contributed by atoms with Crippen LogP contribution in [0.2, 0.25) is 15.1 Å². The van der Waals surface area contributed by atoms with Gasteiger partial charge in [0, 0.05) is 98.3 Å². The molecule has 0 saturated carbocycles. The number of rotatable bonds is 25. The molecule has 2 aliphatic rings. The van der Waals surface area contributed by atoms with E-state index in [9.17, 15) is 29.5 Å². The van der Waals surface area contributed by atoms with Crippen molar-refractivity contribution in [2.24, 2.45) is 11.1 Å². The van der Waals surface area contributed by atoms with Crippen molar-refractivity contribution >= 4 is 86.9 Å². The number of nitrogens with one attached hydrogen (secondary N) is 4. The predicted octanol–water partition coefficient (Wildman–Crippen LogP) is 9.43. The molecule has 1 aromatic heterocycles. The molecule has 0 bridgehead atoms. The molecule has 474 valence electrons. The molecule has 20 nitrogen and oxygen atoms in total. The van der Waals surface area contributed by atoms with Crippen LogP contribution in [0.15, 0.2) is 78.9 Å². The molecule has 5 amide bonds. The van der Waals surface area contributed by atoms with Crippen LogP contribution in [-0.2, 0) is 29.2 Å². The van der Waals surface area contributed by atoms with Crippen LogP contribution in [-0.4, -0.2) is 160 Å². The molecule has 27 heteroatoms. The first-order chi connectivity index (χ1) is 42.5. The van der Waals surface area contributed by atoms with Gasteiger partial charge in [0.05, 0.1) is 80.2 Å². The van der Waals surface area contributed by atoms with Gasteiger partial charge in [-0.05, 0) is 72.0 Å². The van der Waals surface area contributed by atoms with Crippen molar-refractivity contribution in [3.63, 3.8) is 0 Å². The number of anilines is 3. The zero-order valence-electron chi connectivity index (χ0n) is 49.5. The smallest absolute Gasteiger partial charge is 0.314 e. The molecule has 6 aromatic rings. The van der Waals surface area contributed by atoms with Gasteiger partial charge in [-0.2, -0.15) is 10.2 Å². The lowest BCUT2D eigenvalue weighted by Gasteiger charge is -2.37. The Hall–Kier alpha value is -7.76. The number of ether oxygens (including phenoxy) is 4. The summed E-state index contributed by atoms with van der Waals surface area (Å²) in [5, 5.41) is 33.4. The fourth-order valence-corrected chi connectivity index (χ4v) is 11.6. The van der Waals surface area contributed by atoms with Crippen molar-refractivity contribution in [3.8, 4) is 28.7 Å². The number of fused-ring (bicyclic) bond motifs is 1. The Kier molecular flexibility index (Phi) is 22.4. The lowest BCUT2D eigenvalue weighted by molar-refractivity contribution is -0.130. The summed E-state index contributed by atoms with van der Waals surface area (Å²) in [5.74, 6) is -6.40. The van der Waals surface area contributed by atoms with Crippen LogP contribution in [0, 0.1) is 40.0 Å². The number of halogens is 7. The van der Waals surface area contributed by atoms with Crippen molar-refractivity contribution in [2.75, 3.05) is 115 Å². The maximum absolute atomic E-state index is 16.5. The van der Waals surface area contributed by atoms with Crippen LogP contribution >= 0.6 is 34.8 Å². The van der Waals surface area contributed by atoms with Gasteiger partial charge in [-0.25, -0.2) is 27.3 Å². The summed E-state index contributed by atoms with van der Waals surface area (Å²) in [6.45, 7) is 8.66. The molecule has 7 N–H and O–H groups in total. The first-order valence-corrected chi connectivity index (χ1v) is 29.6. The van der Waals surface area contributed by atoms with Crippen molar-refractivity contribution in [2.45, 2.75) is 57.0 Å². The summed E-state index contributed by atoms with van der Waals surface area (Å²) in [7, 11) is 2.97. The molecule has 3 heterocycles. The quantitative estimate of drug-likeness (QED) is 0.0230. The van der Waals surface area contributed by atoms with Gasteiger partial charge in [0.15, 0.2) is 5.82 Å². The molecular weight excluding hydrogens is 1230 g/mol. The number of carbonyl (C=O) groups excluding carboxylic acids is 4. The maximum Gasteiger partial charge on any atom is 0.314 e. The third-order valence-electron chi connectivity index (χ3n) is 15.3. The number of phenols is 1. The Morgan fingerprint density at radius 2 is 1.54 bits per heavy atom. The summed E-state index contributed by atoms with van der Waals surface area (Å²) < 4.78 is 86.3. The minimum absolute atomic E-state index is 0.000607. The van der Waals surface area contributed by atoms with Crippen LogP contribution in [0.3, 0.4) is 0 Å². The minimum atomic E-state index is -1.84. The number of phenolic OH excluding ortho intramolecular Hbond substituents is 1. The highest BCUT2D eigenvalue weighted by Crippen LogP contribution is 2.53. The first kappa shape index (κ1) is 67.2. The zero-order chi connectivity index (χ0) is 64.3. The summed E-state index contributed by atoms with van der Waals surface area (Å²) in [6, 6.07) is 17.1. The number of hydrogen-bond donors (Lipinski definition) is 6. The zero-order valence-corrected chi connectivity index (χ0v) is 51.7. The number of benzene rings is 5. The number of aromatic nitrogens is 2. The Balaban J connectivity index is 0.762. The second-order valence-electron chi connectivity index (χ2n) is 22.4. The fraction of sp³-hybridized carbons (Fsp3) is 0.403. The molecule has 4 atom stereocenters. The number of nitrogens with zero attached hydrogens (tertiary/aromatic N) is 6. The first-order valence-electron chi connectivity index (χ1n) is 28.5. The van der Waals surface area contributed by atoms with Crippen LogP contribution in [0.25, 0.3) is 22.0 Å².